The van der Waals surface area contributed by atoms with Crippen molar-refractivity contribution in [1.29, 1.82) is 0 Å². The summed E-state index contributed by atoms with van der Waals surface area (Å²) in [5.74, 6) is 2.13. The second-order valence-corrected chi connectivity index (χ2v) is 6.50. The van der Waals surface area contributed by atoms with Crippen LogP contribution in [0.15, 0.2) is 0 Å². The lowest BCUT2D eigenvalue weighted by atomic mass is 9.75. The van der Waals surface area contributed by atoms with Gasteiger partial charge in [-0.3, -0.25) is 0 Å². The highest BCUT2D eigenvalue weighted by molar-refractivity contribution is 4.86. The second-order valence-electron chi connectivity index (χ2n) is 6.50. The first-order chi connectivity index (χ1) is 8.42. The van der Waals surface area contributed by atoms with Gasteiger partial charge in [-0.15, -0.1) is 0 Å². The standard InChI is InChI=1S/C15H28N2/c1-2-6-14-11-17(10-8-13(14)5-1)12-15-7-3-4-9-16-15/h13-16H,1-12H2/t13-,14+,15+/m0/s1. The topological polar surface area (TPSA) is 15.3 Å². The third-order valence-electron chi connectivity index (χ3n) is 5.27. The summed E-state index contributed by atoms with van der Waals surface area (Å²) in [5.41, 5.74) is 0. The summed E-state index contributed by atoms with van der Waals surface area (Å²) >= 11 is 0. The molecule has 0 aromatic carbocycles. The van der Waals surface area contributed by atoms with Crippen molar-refractivity contribution in [3.05, 3.63) is 0 Å². The van der Waals surface area contributed by atoms with Crippen molar-refractivity contribution >= 4 is 0 Å². The van der Waals surface area contributed by atoms with E-state index in [0.717, 1.165) is 17.9 Å². The molecule has 98 valence electrons. The Morgan fingerprint density at radius 3 is 2.53 bits per heavy atom. The first-order valence-corrected chi connectivity index (χ1v) is 7.87. The van der Waals surface area contributed by atoms with Crippen LogP contribution in [0.25, 0.3) is 0 Å². The van der Waals surface area contributed by atoms with Gasteiger partial charge in [0, 0.05) is 19.1 Å². The molecule has 1 saturated carbocycles. The number of nitrogens with zero attached hydrogens (tertiary/aromatic N) is 1. The fourth-order valence-corrected chi connectivity index (χ4v) is 4.23. The molecule has 2 saturated heterocycles. The Balaban J connectivity index is 1.48. The van der Waals surface area contributed by atoms with Gasteiger partial charge in [0.25, 0.3) is 0 Å². The second kappa shape index (κ2) is 5.71. The lowest BCUT2D eigenvalue weighted by molar-refractivity contribution is 0.0772. The highest BCUT2D eigenvalue weighted by Crippen LogP contribution is 2.36. The van der Waals surface area contributed by atoms with Gasteiger partial charge in [-0.05, 0) is 50.6 Å². The van der Waals surface area contributed by atoms with E-state index >= 15 is 0 Å². The molecule has 3 fully saturated rings. The lowest BCUT2D eigenvalue weighted by Crippen LogP contribution is -2.49. The molecule has 1 N–H and O–H groups in total. The highest BCUT2D eigenvalue weighted by Gasteiger charge is 2.31. The van der Waals surface area contributed by atoms with Gasteiger partial charge in [0.15, 0.2) is 0 Å². The average molecular weight is 236 g/mol. The molecule has 0 unspecified atom stereocenters. The Labute approximate surface area is 106 Å². The normalized spacial score (nSPS) is 39.9. The van der Waals surface area contributed by atoms with Gasteiger partial charge in [-0.25, -0.2) is 0 Å². The Hall–Kier alpha value is -0.0800. The highest BCUT2D eigenvalue weighted by atomic mass is 15.2. The van der Waals surface area contributed by atoms with E-state index in [4.69, 9.17) is 0 Å². The Morgan fingerprint density at radius 2 is 1.71 bits per heavy atom. The van der Waals surface area contributed by atoms with Gasteiger partial charge in [-0.2, -0.15) is 0 Å². The van der Waals surface area contributed by atoms with Crippen molar-refractivity contribution in [3.63, 3.8) is 0 Å². The van der Waals surface area contributed by atoms with Crippen molar-refractivity contribution in [1.82, 2.24) is 10.2 Å². The minimum atomic E-state index is 0.795. The zero-order valence-corrected chi connectivity index (χ0v) is 11.2. The molecule has 0 bridgehead atoms. The third kappa shape index (κ3) is 3.03. The third-order valence-corrected chi connectivity index (χ3v) is 5.27. The number of fused-ring (bicyclic) bond motifs is 1. The summed E-state index contributed by atoms with van der Waals surface area (Å²) in [6.45, 7) is 5.36. The summed E-state index contributed by atoms with van der Waals surface area (Å²) in [6, 6.07) is 0.795. The van der Waals surface area contributed by atoms with Gasteiger partial charge >= 0.3 is 0 Å². The van der Waals surface area contributed by atoms with Crippen molar-refractivity contribution in [2.24, 2.45) is 11.8 Å². The van der Waals surface area contributed by atoms with E-state index in [1.807, 2.05) is 0 Å². The Morgan fingerprint density at radius 1 is 0.882 bits per heavy atom. The van der Waals surface area contributed by atoms with Crippen LogP contribution in [0, 0.1) is 11.8 Å². The molecular formula is C15H28N2. The molecular weight excluding hydrogens is 208 g/mol. The smallest absolute Gasteiger partial charge is 0.0195 e. The SMILES string of the molecule is C1CC[C@H](CN2CC[C@@H]3CCCC[C@@H]3C2)NC1. The predicted molar refractivity (Wildman–Crippen MR) is 72.1 cm³/mol. The molecule has 2 aliphatic heterocycles. The molecule has 0 amide bonds. The number of hydrogen-bond donors (Lipinski definition) is 1. The van der Waals surface area contributed by atoms with Gasteiger partial charge in [-0.1, -0.05) is 25.7 Å². The van der Waals surface area contributed by atoms with Crippen LogP contribution in [0.4, 0.5) is 0 Å². The molecule has 2 heteroatoms. The van der Waals surface area contributed by atoms with Crippen LogP contribution in [-0.4, -0.2) is 37.1 Å². The molecule has 3 rings (SSSR count). The zero-order chi connectivity index (χ0) is 11.5. The molecule has 1 aliphatic carbocycles. The van der Waals surface area contributed by atoms with Crippen molar-refractivity contribution < 1.29 is 0 Å². The molecule has 0 aromatic rings. The van der Waals surface area contributed by atoms with E-state index in [-0.39, 0.29) is 0 Å². The molecule has 0 spiro atoms. The quantitative estimate of drug-likeness (QED) is 0.793. The van der Waals surface area contributed by atoms with Crippen LogP contribution < -0.4 is 5.32 Å². The first-order valence-electron chi connectivity index (χ1n) is 7.87. The number of hydrogen-bond acceptors (Lipinski definition) is 2. The van der Waals surface area contributed by atoms with Crippen molar-refractivity contribution in [2.75, 3.05) is 26.2 Å². The summed E-state index contributed by atoms with van der Waals surface area (Å²) in [7, 11) is 0. The Kier molecular flexibility index (Phi) is 4.02. The van der Waals surface area contributed by atoms with Crippen molar-refractivity contribution in [2.45, 2.75) is 57.4 Å². The number of piperidine rings is 2. The van der Waals surface area contributed by atoms with Crippen LogP contribution >= 0.6 is 0 Å². The van der Waals surface area contributed by atoms with Gasteiger partial charge in [0.05, 0.1) is 0 Å². The summed E-state index contributed by atoms with van der Waals surface area (Å²) in [6.07, 6.45) is 11.8. The van der Waals surface area contributed by atoms with E-state index in [1.54, 1.807) is 0 Å². The van der Waals surface area contributed by atoms with E-state index in [2.05, 4.69) is 10.2 Å². The number of likely N-dealkylation sites (tertiary alicyclic amines) is 1. The number of nitrogens with one attached hydrogen (secondary N) is 1. The molecule has 2 heterocycles. The van der Waals surface area contributed by atoms with Crippen molar-refractivity contribution in [3.8, 4) is 0 Å². The van der Waals surface area contributed by atoms with E-state index in [9.17, 15) is 0 Å². The van der Waals surface area contributed by atoms with Gasteiger partial charge < -0.3 is 10.2 Å². The molecule has 2 nitrogen and oxygen atoms in total. The average Bonchev–Trinajstić information content (AvgIpc) is 2.40. The van der Waals surface area contributed by atoms with E-state index < -0.39 is 0 Å². The molecule has 3 atom stereocenters. The maximum atomic E-state index is 3.70. The molecule has 0 aromatic heterocycles. The number of rotatable bonds is 2. The monoisotopic (exact) mass is 236 g/mol. The summed E-state index contributed by atoms with van der Waals surface area (Å²) in [5, 5.41) is 3.70. The molecule has 0 radical (unpaired) electrons. The lowest BCUT2D eigenvalue weighted by Gasteiger charge is -2.42. The van der Waals surface area contributed by atoms with Gasteiger partial charge in [0.2, 0.25) is 0 Å². The van der Waals surface area contributed by atoms with Crippen LogP contribution in [0.1, 0.15) is 51.4 Å². The zero-order valence-electron chi connectivity index (χ0n) is 11.2. The Bertz CT molecular complexity index is 233. The molecule has 17 heavy (non-hydrogen) atoms. The van der Waals surface area contributed by atoms with E-state index in [1.165, 1.54) is 77.5 Å². The first kappa shape index (κ1) is 12.0. The summed E-state index contributed by atoms with van der Waals surface area (Å²) in [4.78, 5) is 2.76. The van der Waals surface area contributed by atoms with Gasteiger partial charge in [0.1, 0.15) is 0 Å². The van der Waals surface area contributed by atoms with E-state index in [0.29, 0.717) is 0 Å². The molecule has 3 aliphatic rings. The van der Waals surface area contributed by atoms with Crippen LogP contribution in [0.2, 0.25) is 0 Å². The minimum Gasteiger partial charge on any atom is -0.313 e. The van der Waals surface area contributed by atoms with Crippen LogP contribution in [0.3, 0.4) is 0 Å². The maximum Gasteiger partial charge on any atom is 0.0195 e. The minimum absolute atomic E-state index is 0.795. The van der Waals surface area contributed by atoms with Crippen LogP contribution in [-0.2, 0) is 0 Å². The largest absolute Gasteiger partial charge is 0.313 e. The fraction of sp³-hybridized carbons (Fsp3) is 1.00. The predicted octanol–water partition coefficient (Wildman–Crippen LogP) is 2.64. The summed E-state index contributed by atoms with van der Waals surface area (Å²) < 4.78 is 0. The van der Waals surface area contributed by atoms with Crippen LogP contribution in [0.5, 0.6) is 0 Å². The fourth-order valence-electron chi connectivity index (χ4n) is 4.23. The maximum absolute atomic E-state index is 3.70.